The van der Waals surface area contributed by atoms with Crippen molar-refractivity contribution in [1.29, 1.82) is 5.26 Å². The van der Waals surface area contributed by atoms with Crippen LogP contribution in [0.15, 0.2) is 47.8 Å². The Morgan fingerprint density at radius 1 is 1.33 bits per heavy atom. The van der Waals surface area contributed by atoms with Crippen molar-refractivity contribution in [2.24, 2.45) is 7.05 Å². The summed E-state index contributed by atoms with van der Waals surface area (Å²) in [6.07, 6.45) is 1.52. The van der Waals surface area contributed by atoms with Gasteiger partial charge in [-0.3, -0.25) is 9.48 Å². The molecule has 170 valence electrons. The molecule has 0 aliphatic rings. The molecule has 0 saturated carbocycles. The molecule has 0 N–H and O–H groups in total. The number of alkyl halides is 3. The standard InChI is InChI=1S/C23H19F3N4O2S/c1-14-8-21(23(24,25)26)29-22(18(14)10-27)33-13-16-9-15(5-7-20(16)32-3)4-6-19(31)17-11-28-30(2)12-17/h4-9,11-12H,13H2,1-3H3/b6-4+. The van der Waals surface area contributed by atoms with Gasteiger partial charge in [0.2, 0.25) is 0 Å². The Labute approximate surface area is 192 Å². The smallest absolute Gasteiger partial charge is 0.433 e. The second kappa shape index (κ2) is 9.92. The monoisotopic (exact) mass is 472 g/mol. The van der Waals surface area contributed by atoms with Crippen LogP contribution in [-0.4, -0.2) is 27.7 Å². The summed E-state index contributed by atoms with van der Waals surface area (Å²) in [6, 6.07) is 8.04. The van der Waals surface area contributed by atoms with E-state index >= 15 is 0 Å². The van der Waals surface area contributed by atoms with Crippen LogP contribution in [0.3, 0.4) is 0 Å². The highest BCUT2D eigenvalue weighted by Gasteiger charge is 2.34. The Morgan fingerprint density at radius 3 is 2.70 bits per heavy atom. The number of ketones is 1. The molecule has 0 fully saturated rings. The maximum Gasteiger partial charge on any atom is 0.433 e. The van der Waals surface area contributed by atoms with Crippen LogP contribution >= 0.6 is 11.8 Å². The number of hydrogen-bond donors (Lipinski definition) is 0. The minimum Gasteiger partial charge on any atom is -0.496 e. The molecule has 0 spiro atoms. The molecule has 0 bridgehead atoms. The highest BCUT2D eigenvalue weighted by molar-refractivity contribution is 7.98. The third-order valence-electron chi connectivity index (χ3n) is 4.67. The third-order valence-corrected chi connectivity index (χ3v) is 5.70. The van der Waals surface area contributed by atoms with Gasteiger partial charge in [0.1, 0.15) is 22.5 Å². The molecule has 1 aromatic carbocycles. The number of pyridine rings is 1. The van der Waals surface area contributed by atoms with Gasteiger partial charge in [0.15, 0.2) is 5.78 Å². The molecular formula is C23H19F3N4O2S. The van der Waals surface area contributed by atoms with Crippen LogP contribution < -0.4 is 4.74 Å². The van der Waals surface area contributed by atoms with Gasteiger partial charge >= 0.3 is 6.18 Å². The average molecular weight is 472 g/mol. The number of nitrogens with zero attached hydrogens (tertiary/aromatic N) is 4. The summed E-state index contributed by atoms with van der Waals surface area (Å²) >= 11 is 1.02. The van der Waals surface area contributed by atoms with Crippen molar-refractivity contribution in [2.45, 2.75) is 23.9 Å². The van der Waals surface area contributed by atoms with E-state index in [1.807, 2.05) is 6.07 Å². The normalized spacial score (nSPS) is 11.5. The second-order valence-electron chi connectivity index (χ2n) is 7.07. The van der Waals surface area contributed by atoms with Crippen LogP contribution in [0.2, 0.25) is 0 Å². The second-order valence-corrected chi connectivity index (χ2v) is 8.04. The Kier molecular flexibility index (Phi) is 7.23. The first-order chi connectivity index (χ1) is 15.6. The first-order valence-corrected chi connectivity index (χ1v) is 10.6. The number of hydrogen-bond acceptors (Lipinski definition) is 6. The number of carbonyl (C=O) groups is 1. The lowest BCUT2D eigenvalue weighted by Gasteiger charge is -2.13. The van der Waals surface area contributed by atoms with Crippen molar-refractivity contribution < 1.29 is 22.7 Å². The van der Waals surface area contributed by atoms with Crippen LogP contribution in [0.1, 0.15) is 38.3 Å². The molecule has 0 radical (unpaired) electrons. The van der Waals surface area contributed by atoms with Gasteiger partial charge in [-0.2, -0.15) is 23.5 Å². The molecule has 0 atom stereocenters. The van der Waals surface area contributed by atoms with E-state index in [9.17, 15) is 23.2 Å². The predicted octanol–water partition coefficient (Wildman–Crippen LogP) is 5.21. The van der Waals surface area contributed by atoms with Crippen LogP contribution in [0, 0.1) is 18.3 Å². The van der Waals surface area contributed by atoms with E-state index in [1.165, 1.54) is 31.0 Å². The van der Waals surface area contributed by atoms with Gasteiger partial charge in [0, 0.05) is 24.6 Å². The predicted molar refractivity (Wildman–Crippen MR) is 118 cm³/mol. The Balaban J connectivity index is 1.85. The fraction of sp³-hybridized carbons (Fsp3) is 0.217. The number of ether oxygens (including phenoxy) is 1. The molecule has 0 aliphatic carbocycles. The Hall–Kier alpha value is -3.58. The SMILES string of the molecule is COc1ccc(/C=C/C(=O)c2cnn(C)c2)cc1CSc1nc(C(F)(F)F)cc(C)c1C#N. The number of benzene rings is 1. The van der Waals surface area contributed by atoms with Crippen molar-refractivity contribution >= 4 is 23.6 Å². The molecule has 0 aliphatic heterocycles. The third kappa shape index (κ3) is 5.81. The summed E-state index contributed by atoms with van der Waals surface area (Å²) in [5.41, 5.74) is 1.11. The summed E-state index contributed by atoms with van der Waals surface area (Å²) in [4.78, 5) is 15.9. The number of allylic oxidation sites excluding steroid dienone is 1. The number of aromatic nitrogens is 3. The number of carbonyl (C=O) groups excluding carboxylic acids is 1. The van der Waals surface area contributed by atoms with Gasteiger partial charge in [-0.25, -0.2) is 4.98 Å². The number of nitriles is 1. The largest absolute Gasteiger partial charge is 0.496 e. The van der Waals surface area contributed by atoms with Crippen molar-refractivity contribution in [3.63, 3.8) is 0 Å². The summed E-state index contributed by atoms with van der Waals surface area (Å²) in [5.74, 6) is 0.529. The number of aryl methyl sites for hydroxylation is 2. The number of methoxy groups -OCH3 is 1. The minimum absolute atomic E-state index is 0.000390. The zero-order valence-corrected chi connectivity index (χ0v) is 18.8. The average Bonchev–Trinajstić information content (AvgIpc) is 3.21. The van der Waals surface area contributed by atoms with Gasteiger partial charge in [-0.05, 0) is 42.3 Å². The molecule has 33 heavy (non-hydrogen) atoms. The summed E-state index contributed by atoms with van der Waals surface area (Å²) < 4.78 is 46.4. The summed E-state index contributed by atoms with van der Waals surface area (Å²) in [6.45, 7) is 1.45. The van der Waals surface area contributed by atoms with E-state index in [4.69, 9.17) is 4.74 Å². The molecular weight excluding hydrogens is 453 g/mol. The fourth-order valence-corrected chi connectivity index (χ4v) is 4.04. The lowest BCUT2D eigenvalue weighted by atomic mass is 10.1. The van der Waals surface area contributed by atoms with Crippen LogP contribution in [-0.2, 0) is 19.0 Å². The van der Waals surface area contributed by atoms with E-state index in [0.717, 1.165) is 17.8 Å². The van der Waals surface area contributed by atoms with Gasteiger partial charge in [-0.1, -0.05) is 12.1 Å². The maximum absolute atomic E-state index is 13.2. The maximum atomic E-state index is 13.2. The van der Waals surface area contributed by atoms with E-state index in [-0.39, 0.29) is 27.7 Å². The number of thioether (sulfide) groups is 1. The number of halogens is 3. The summed E-state index contributed by atoms with van der Waals surface area (Å²) in [5, 5.41) is 13.4. The summed E-state index contributed by atoms with van der Waals surface area (Å²) in [7, 11) is 3.20. The Bertz CT molecular complexity index is 1260. The van der Waals surface area contributed by atoms with E-state index < -0.39 is 11.9 Å². The van der Waals surface area contributed by atoms with Gasteiger partial charge in [-0.15, -0.1) is 11.8 Å². The van der Waals surface area contributed by atoms with Crippen molar-refractivity contribution in [3.05, 3.63) is 76.2 Å². The first kappa shape index (κ1) is 24.1. The van der Waals surface area contributed by atoms with Crippen molar-refractivity contribution in [3.8, 4) is 11.8 Å². The lowest BCUT2D eigenvalue weighted by Crippen LogP contribution is -2.10. The first-order valence-electron chi connectivity index (χ1n) is 9.62. The van der Waals surface area contributed by atoms with E-state index in [0.29, 0.717) is 22.4 Å². The van der Waals surface area contributed by atoms with E-state index in [1.54, 1.807) is 37.5 Å². The number of rotatable bonds is 7. The van der Waals surface area contributed by atoms with Crippen LogP contribution in [0.4, 0.5) is 13.2 Å². The van der Waals surface area contributed by atoms with Gasteiger partial charge in [0.05, 0.1) is 24.4 Å². The van der Waals surface area contributed by atoms with Crippen LogP contribution in [0.25, 0.3) is 6.08 Å². The molecule has 2 aromatic heterocycles. The van der Waals surface area contributed by atoms with Crippen molar-refractivity contribution in [1.82, 2.24) is 14.8 Å². The highest BCUT2D eigenvalue weighted by atomic mass is 32.2. The molecule has 2 heterocycles. The topological polar surface area (TPSA) is 80.8 Å². The molecule has 10 heteroatoms. The molecule has 0 amide bonds. The van der Waals surface area contributed by atoms with Gasteiger partial charge < -0.3 is 4.74 Å². The van der Waals surface area contributed by atoms with Gasteiger partial charge in [0.25, 0.3) is 0 Å². The molecule has 6 nitrogen and oxygen atoms in total. The Morgan fingerprint density at radius 2 is 2.09 bits per heavy atom. The molecule has 3 rings (SSSR count). The van der Waals surface area contributed by atoms with Crippen molar-refractivity contribution in [2.75, 3.05) is 7.11 Å². The molecule has 0 unspecified atom stereocenters. The zero-order chi connectivity index (χ0) is 24.2. The minimum atomic E-state index is -4.61. The van der Waals surface area contributed by atoms with Crippen LogP contribution in [0.5, 0.6) is 5.75 Å². The fourth-order valence-electron chi connectivity index (χ4n) is 3.01. The zero-order valence-electron chi connectivity index (χ0n) is 18.0. The quantitative estimate of drug-likeness (QED) is 0.267. The molecule has 3 aromatic rings. The van der Waals surface area contributed by atoms with E-state index in [2.05, 4.69) is 10.1 Å². The molecule has 0 saturated heterocycles. The highest BCUT2D eigenvalue weighted by Crippen LogP contribution is 2.35. The lowest BCUT2D eigenvalue weighted by molar-refractivity contribution is -0.141.